The summed E-state index contributed by atoms with van der Waals surface area (Å²) in [7, 11) is 0. The minimum atomic E-state index is 0.219. The normalized spacial score (nSPS) is 14.2. The van der Waals surface area contributed by atoms with Crippen molar-refractivity contribution in [3.05, 3.63) is 59.3 Å². The minimum Gasteiger partial charge on any atom is -0.353 e. The van der Waals surface area contributed by atoms with E-state index in [4.69, 9.17) is 5.26 Å². The summed E-state index contributed by atoms with van der Waals surface area (Å²) >= 11 is 0. The Morgan fingerprint density at radius 2 is 1.77 bits per heavy atom. The molecule has 2 heterocycles. The summed E-state index contributed by atoms with van der Waals surface area (Å²) in [6.45, 7) is 5.13. The predicted molar refractivity (Wildman–Crippen MR) is 102 cm³/mol. The molecule has 0 saturated carbocycles. The van der Waals surface area contributed by atoms with E-state index in [0.717, 1.165) is 44.8 Å². The SMILES string of the molecule is CCc1ccc(CCC(=O)N2CCN(c3ccc(C#N)cn3)CC2)cc1. The van der Waals surface area contributed by atoms with Crippen LogP contribution in [0, 0.1) is 11.3 Å². The van der Waals surface area contributed by atoms with Crippen molar-refractivity contribution in [1.29, 1.82) is 5.26 Å². The number of carbonyl (C=O) groups is 1. The highest BCUT2D eigenvalue weighted by Crippen LogP contribution is 2.15. The molecule has 0 radical (unpaired) electrons. The molecule has 2 aromatic rings. The highest BCUT2D eigenvalue weighted by molar-refractivity contribution is 5.76. The average Bonchev–Trinajstić information content (AvgIpc) is 2.72. The van der Waals surface area contributed by atoms with Crippen LogP contribution in [0.5, 0.6) is 0 Å². The fourth-order valence-corrected chi connectivity index (χ4v) is 3.18. The quantitative estimate of drug-likeness (QED) is 0.834. The van der Waals surface area contributed by atoms with Gasteiger partial charge in [0.1, 0.15) is 11.9 Å². The van der Waals surface area contributed by atoms with Crippen molar-refractivity contribution in [2.75, 3.05) is 31.1 Å². The van der Waals surface area contributed by atoms with Gasteiger partial charge in [0.15, 0.2) is 0 Å². The molecule has 0 atom stereocenters. The van der Waals surface area contributed by atoms with Crippen LogP contribution in [0.1, 0.15) is 30.0 Å². The zero-order valence-electron chi connectivity index (χ0n) is 15.2. The number of aryl methyl sites for hydroxylation is 2. The van der Waals surface area contributed by atoms with Gasteiger partial charge in [-0.3, -0.25) is 4.79 Å². The number of piperazine rings is 1. The molecule has 0 bridgehead atoms. The van der Waals surface area contributed by atoms with Crippen molar-refractivity contribution >= 4 is 11.7 Å². The van der Waals surface area contributed by atoms with Gasteiger partial charge in [-0.25, -0.2) is 4.98 Å². The second-order valence-electron chi connectivity index (χ2n) is 6.55. The molecule has 1 aromatic heterocycles. The van der Waals surface area contributed by atoms with Gasteiger partial charge in [0.05, 0.1) is 5.56 Å². The first-order valence-corrected chi connectivity index (χ1v) is 9.16. The molecule has 0 unspecified atom stereocenters. The van der Waals surface area contributed by atoms with Crippen LogP contribution >= 0.6 is 0 Å². The van der Waals surface area contributed by atoms with Gasteiger partial charge in [0.25, 0.3) is 0 Å². The minimum absolute atomic E-state index is 0.219. The Balaban J connectivity index is 1.47. The van der Waals surface area contributed by atoms with Gasteiger partial charge in [-0.05, 0) is 36.1 Å². The third kappa shape index (κ3) is 4.40. The Hall–Kier alpha value is -2.87. The fraction of sp³-hybridized carbons (Fsp3) is 0.381. The number of anilines is 1. The van der Waals surface area contributed by atoms with Gasteiger partial charge >= 0.3 is 0 Å². The van der Waals surface area contributed by atoms with E-state index in [9.17, 15) is 4.79 Å². The summed E-state index contributed by atoms with van der Waals surface area (Å²) in [5.41, 5.74) is 3.11. The number of aromatic nitrogens is 1. The number of pyridine rings is 1. The smallest absolute Gasteiger partial charge is 0.223 e. The molecular formula is C21H24N4O. The molecule has 1 amide bonds. The van der Waals surface area contributed by atoms with Crippen LogP contribution in [0.4, 0.5) is 5.82 Å². The second-order valence-corrected chi connectivity index (χ2v) is 6.55. The lowest BCUT2D eigenvalue weighted by atomic mass is 10.1. The van der Waals surface area contributed by atoms with Crippen LogP contribution in [-0.2, 0) is 17.6 Å². The van der Waals surface area contributed by atoms with E-state index in [1.165, 1.54) is 11.1 Å². The lowest BCUT2D eigenvalue weighted by molar-refractivity contribution is -0.131. The Morgan fingerprint density at radius 3 is 2.35 bits per heavy atom. The van der Waals surface area contributed by atoms with Gasteiger partial charge in [-0.1, -0.05) is 31.2 Å². The molecule has 5 nitrogen and oxygen atoms in total. The average molecular weight is 348 g/mol. The molecule has 0 N–H and O–H groups in total. The van der Waals surface area contributed by atoms with Gasteiger partial charge in [0.2, 0.25) is 5.91 Å². The van der Waals surface area contributed by atoms with E-state index < -0.39 is 0 Å². The summed E-state index contributed by atoms with van der Waals surface area (Å²) in [5, 5.41) is 8.85. The molecule has 26 heavy (non-hydrogen) atoms. The maximum absolute atomic E-state index is 12.5. The monoisotopic (exact) mass is 348 g/mol. The maximum Gasteiger partial charge on any atom is 0.223 e. The third-order valence-corrected chi connectivity index (χ3v) is 4.89. The standard InChI is InChI=1S/C21H24N4O/c1-2-17-3-5-18(6-4-17)8-10-21(26)25-13-11-24(12-14-25)20-9-7-19(15-22)16-23-20/h3-7,9,16H,2,8,10-14H2,1H3. The molecule has 1 saturated heterocycles. The molecule has 1 fully saturated rings. The van der Waals surface area contributed by atoms with E-state index in [2.05, 4.69) is 47.1 Å². The number of hydrogen-bond acceptors (Lipinski definition) is 4. The second kappa shape index (κ2) is 8.48. The predicted octanol–water partition coefficient (Wildman–Crippen LogP) is 2.80. The summed E-state index contributed by atoms with van der Waals surface area (Å²) in [5.74, 6) is 1.09. The molecule has 0 aliphatic carbocycles. The topological polar surface area (TPSA) is 60.2 Å². The van der Waals surface area contributed by atoms with Gasteiger partial charge in [0, 0.05) is 38.8 Å². The van der Waals surface area contributed by atoms with Crippen molar-refractivity contribution in [1.82, 2.24) is 9.88 Å². The third-order valence-electron chi connectivity index (χ3n) is 4.89. The fourth-order valence-electron chi connectivity index (χ4n) is 3.18. The number of rotatable bonds is 5. The van der Waals surface area contributed by atoms with Crippen molar-refractivity contribution < 1.29 is 4.79 Å². The van der Waals surface area contributed by atoms with Crippen molar-refractivity contribution in [3.63, 3.8) is 0 Å². The Morgan fingerprint density at radius 1 is 1.08 bits per heavy atom. The first kappa shape index (κ1) is 17.9. The lowest BCUT2D eigenvalue weighted by Gasteiger charge is -2.35. The van der Waals surface area contributed by atoms with Gasteiger partial charge < -0.3 is 9.80 Å². The summed E-state index contributed by atoms with van der Waals surface area (Å²) < 4.78 is 0. The van der Waals surface area contributed by atoms with E-state index in [1.807, 2.05) is 11.0 Å². The van der Waals surface area contributed by atoms with E-state index in [1.54, 1.807) is 12.3 Å². The Labute approximate surface area is 154 Å². The molecule has 1 aromatic carbocycles. The number of hydrogen-bond donors (Lipinski definition) is 0. The summed E-state index contributed by atoms with van der Waals surface area (Å²) in [6, 6.07) is 14.3. The van der Waals surface area contributed by atoms with Crippen LogP contribution in [-0.4, -0.2) is 42.0 Å². The van der Waals surface area contributed by atoms with Gasteiger partial charge in [-0.15, -0.1) is 0 Å². The molecule has 3 rings (SSSR count). The zero-order valence-corrected chi connectivity index (χ0v) is 15.2. The van der Waals surface area contributed by atoms with Crippen LogP contribution < -0.4 is 4.90 Å². The number of carbonyl (C=O) groups excluding carboxylic acids is 1. The highest BCUT2D eigenvalue weighted by atomic mass is 16.2. The van der Waals surface area contributed by atoms with Crippen molar-refractivity contribution in [3.8, 4) is 6.07 Å². The number of amides is 1. The van der Waals surface area contributed by atoms with Crippen molar-refractivity contribution in [2.45, 2.75) is 26.2 Å². The van der Waals surface area contributed by atoms with E-state index in [0.29, 0.717) is 12.0 Å². The Bertz CT molecular complexity index is 769. The maximum atomic E-state index is 12.5. The van der Waals surface area contributed by atoms with Crippen molar-refractivity contribution in [2.24, 2.45) is 0 Å². The van der Waals surface area contributed by atoms with E-state index >= 15 is 0 Å². The Kier molecular flexibility index (Phi) is 5.85. The molecule has 0 spiro atoms. The number of nitriles is 1. The summed E-state index contributed by atoms with van der Waals surface area (Å²) in [4.78, 5) is 20.9. The molecule has 134 valence electrons. The largest absolute Gasteiger partial charge is 0.353 e. The number of benzene rings is 1. The summed E-state index contributed by atoms with van der Waals surface area (Å²) in [6.07, 6.45) is 3.98. The first-order chi connectivity index (χ1) is 12.7. The first-order valence-electron chi connectivity index (χ1n) is 9.16. The molecule has 1 aliphatic heterocycles. The van der Waals surface area contributed by atoms with Crippen LogP contribution in [0.3, 0.4) is 0 Å². The lowest BCUT2D eigenvalue weighted by Crippen LogP contribution is -2.49. The molecule has 5 heteroatoms. The zero-order chi connectivity index (χ0) is 18.4. The highest BCUT2D eigenvalue weighted by Gasteiger charge is 2.21. The van der Waals surface area contributed by atoms with Gasteiger partial charge in [-0.2, -0.15) is 5.26 Å². The van der Waals surface area contributed by atoms with Crippen LogP contribution in [0.25, 0.3) is 0 Å². The molecular weight excluding hydrogens is 324 g/mol. The van der Waals surface area contributed by atoms with E-state index in [-0.39, 0.29) is 5.91 Å². The van der Waals surface area contributed by atoms with Crippen LogP contribution in [0.2, 0.25) is 0 Å². The molecule has 1 aliphatic rings. The number of nitrogens with zero attached hydrogens (tertiary/aromatic N) is 4. The van der Waals surface area contributed by atoms with Crippen LogP contribution in [0.15, 0.2) is 42.6 Å².